The predicted octanol–water partition coefficient (Wildman–Crippen LogP) is 3.25. The number of amides is 2. The summed E-state index contributed by atoms with van der Waals surface area (Å²) in [6, 6.07) is 10.00. The normalized spacial score (nSPS) is 10.6. The van der Waals surface area contributed by atoms with Gasteiger partial charge < -0.3 is 10.6 Å². The summed E-state index contributed by atoms with van der Waals surface area (Å²) in [6.07, 6.45) is 0. The Morgan fingerprint density at radius 2 is 1.83 bits per heavy atom. The van der Waals surface area contributed by atoms with Gasteiger partial charge in [0.1, 0.15) is 0 Å². The van der Waals surface area contributed by atoms with Gasteiger partial charge in [-0.15, -0.1) is 5.10 Å². The molecule has 0 spiro atoms. The Kier molecular flexibility index (Phi) is 6.78. The van der Waals surface area contributed by atoms with Crippen molar-refractivity contribution in [3.05, 3.63) is 59.1 Å². The molecule has 11 heteroatoms. The second-order valence-corrected chi connectivity index (χ2v) is 7.09. The van der Waals surface area contributed by atoms with Gasteiger partial charge in [-0.05, 0) is 36.4 Å². The van der Waals surface area contributed by atoms with E-state index >= 15 is 0 Å². The number of aromatic nitrogens is 3. The quantitative estimate of drug-likeness (QED) is 0.493. The van der Waals surface area contributed by atoms with E-state index in [9.17, 15) is 18.4 Å². The summed E-state index contributed by atoms with van der Waals surface area (Å²) in [5.74, 6) is -2.54. The van der Waals surface area contributed by atoms with Gasteiger partial charge in [-0.25, -0.2) is 13.8 Å². The molecule has 0 aliphatic carbocycles. The topological polar surface area (TPSA) is 99.8 Å². The summed E-state index contributed by atoms with van der Waals surface area (Å²) < 4.78 is 26.0. The van der Waals surface area contributed by atoms with E-state index < -0.39 is 23.4 Å². The minimum Gasteiger partial charge on any atom is -0.346 e. The fraction of sp³-hybridized carbons (Fsp3) is 0.111. The second kappa shape index (κ2) is 9.48. The molecule has 3 rings (SSSR count). The van der Waals surface area contributed by atoms with Gasteiger partial charge >= 0.3 is 0 Å². The molecule has 0 saturated carbocycles. The molecule has 2 amide bonds. The number of thioether (sulfide) groups is 1. The summed E-state index contributed by atoms with van der Waals surface area (Å²) >= 11 is 6.94. The summed E-state index contributed by atoms with van der Waals surface area (Å²) in [5.41, 5.74) is 0.889. The Morgan fingerprint density at radius 3 is 2.55 bits per heavy atom. The maximum Gasteiger partial charge on any atom is 0.243 e. The van der Waals surface area contributed by atoms with Gasteiger partial charge in [-0.2, -0.15) is 0 Å². The molecule has 1 aromatic heterocycles. The third kappa shape index (κ3) is 6.00. The van der Waals surface area contributed by atoms with E-state index in [-0.39, 0.29) is 18.0 Å². The zero-order valence-electron chi connectivity index (χ0n) is 14.7. The van der Waals surface area contributed by atoms with Crippen LogP contribution < -0.4 is 10.6 Å². The van der Waals surface area contributed by atoms with Gasteiger partial charge in [0.05, 0.1) is 12.3 Å². The lowest BCUT2D eigenvalue weighted by molar-refractivity contribution is -0.122. The lowest BCUT2D eigenvalue weighted by Gasteiger charge is -2.07. The SMILES string of the molecule is O=C(CSc1n[nH]c(-c2ccc(Cl)cc2)n1)NCC(=O)Nc1ccc(F)c(F)c1. The smallest absolute Gasteiger partial charge is 0.243 e. The van der Waals surface area contributed by atoms with Crippen LogP contribution in [0.1, 0.15) is 0 Å². The maximum atomic E-state index is 13.1. The number of rotatable bonds is 7. The highest BCUT2D eigenvalue weighted by atomic mass is 35.5. The molecule has 0 radical (unpaired) electrons. The molecule has 0 unspecified atom stereocenters. The van der Waals surface area contributed by atoms with Crippen LogP contribution in [0.4, 0.5) is 14.5 Å². The molecule has 0 saturated heterocycles. The lowest BCUT2D eigenvalue weighted by atomic mass is 10.2. The molecule has 3 aromatic rings. The first kappa shape index (κ1) is 20.7. The fourth-order valence-electron chi connectivity index (χ4n) is 2.19. The Morgan fingerprint density at radius 1 is 1.07 bits per heavy atom. The number of carbonyl (C=O) groups is 2. The molecule has 7 nitrogen and oxygen atoms in total. The van der Waals surface area contributed by atoms with Crippen molar-refractivity contribution in [3.63, 3.8) is 0 Å². The molecule has 0 aliphatic rings. The van der Waals surface area contributed by atoms with Crippen LogP contribution in [0.2, 0.25) is 5.02 Å². The minimum atomic E-state index is -1.08. The van der Waals surface area contributed by atoms with E-state index in [0.717, 1.165) is 29.5 Å². The van der Waals surface area contributed by atoms with Gasteiger partial charge in [0.2, 0.25) is 17.0 Å². The van der Waals surface area contributed by atoms with Crippen LogP contribution in [0.3, 0.4) is 0 Å². The molecule has 3 N–H and O–H groups in total. The zero-order valence-corrected chi connectivity index (χ0v) is 16.3. The van der Waals surface area contributed by atoms with E-state index in [0.29, 0.717) is 16.0 Å². The van der Waals surface area contributed by atoms with Crippen molar-refractivity contribution in [2.75, 3.05) is 17.6 Å². The van der Waals surface area contributed by atoms with Crippen molar-refractivity contribution in [2.45, 2.75) is 5.16 Å². The predicted molar refractivity (Wildman–Crippen MR) is 106 cm³/mol. The molecular weight excluding hydrogens is 424 g/mol. The van der Waals surface area contributed by atoms with Crippen molar-refractivity contribution in [3.8, 4) is 11.4 Å². The standard InChI is InChI=1S/C18H14ClF2N5O2S/c19-11-3-1-10(2-4-11)17-24-18(26-25-17)29-9-16(28)22-8-15(27)23-12-5-6-13(20)14(21)7-12/h1-7H,8-9H2,(H,22,28)(H,23,27)(H,24,25,26). The van der Waals surface area contributed by atoms with Gasteiger partial charge in [0.15, 0.2) is 17.5 Å². The number of hydrogen-bond donors (Lipinski definition) is 3. The van der Waals surface area contributed by atoms with Gasteiger partial charge in [0.25, 0.3) is 0 Å². The van der Waals surface area contributed by atoms with Crippen molar-refractivity contribution in [1.29, 1.82) is 0 Å². The maximum absolute atomic E-state index is 13.1. The molecule has 0 fully saturated rings. The Labute approximate surface area is 173 Å². The van der Waals surface area contributed by atoms with Crippen LogP contribution in [-0.2, 0) is 9.59 Å². The first-order valence-corrected chi connectivity index (χ1v) is 9.60. The number of nitrogens with one attached hydrogen (secondary N) is 3. The highest BCUT2D eigenvalue weighted by Crippen LogP contribution is 2.20. The van der Waals surface area contributed by atoms with Crippen molar-refractivity contribution in [1.82, 2.24) is 20.5 Å². The van der Waals surface area contributed by atoms with Gasteiger partial charge in [0, 0.05) is 22.3 Å². The van der Waals surface area contributed by atoms with Crippen LogP contribution >= 0.6 is 23.4 Å². The number of carbonyl (C=O) groups excluding carboxylic acids is 2. The monoisotopic (exact) mass is 437 g/mol. The average Bonchev–Trinajstić information content (AvgIpc) is 3.17. The fourth-order valence-corrected chi connectivity index (χ4v) is 2.94. The Balaban J connectivity index is 1.43. The number of nitrogens with zero attached hydrogens (tertiary/aromatic N) is 2. The first-order chi connectivity index (χ1) is 13.9. The highest BCUT2D eigenvalue weighted by molar-refractivity contribution is 7.99. The minimum absolute atomic E-state index is 0.00360. The second-order valence-electron chi connectivity index (χ2n) is 5.72. The summed E-state index contributed by atoms with van der Waals surface area (Å²) in [6.45, 7) is -0.317. The van der Waals surface area contributed by atoms with Gasteiger partial charge in [-0.1, -0.05) is 23.4 Å². The summed E-state index contributed by atoms with van der Waals surface area (Å²) in [5, 5.41) is 12.6. The van der Waals surface area contributed by atoms with Crippen LogP contribution in [0, 0.1) is 11.6 Å². The number of halogens is 3. The third-order valence-corrected chi connectivity index (χ3v) is 4.66. The zero-order chi connectivity index (χ0) is 20.8. The van der Waals surface area contributed by atoms with Crippen molar-refractivity contribution >= 4 is 40.9 Å². The van der Waals surface area contributed by atoms with E-state index in [4.69, 9.17) is 11.6 Å². The molecule has 1 heterocycles. The van der Waals surface area contributed by atoms with Crippen LogP contribution in [0.5, 0.6) is 0 Å². The number of hydrogen-bond acceptors (Lipinski definition) is 5. The molecule has 150 valence electrons. The van der Waals surface area contributed by atoms with E-state index in [1.165, 1.54) is 6.07 Å². The van der Waals surface area contributed by atoms with E-state index in [1.54, 1.807) is 24.3 Å². The van der Waals surface area contributed by atoms with Crippen LogP contribution in [0.25, 0.3) is 11.4 Å². The van der Waals surface area contributed by atoms with Crippen LogP contribution in [0.15, 0.2) is 47.6 Å². The number of anilines is 1. The van der Waals surface area contributed by atoms with Crippen molar-refractivity contribution < 1.29 is 18.4 Å². The Hall–Kier alpha value is -2.98. The average molecular weight is 438 g/mol. The number of benzene rings is 2. The highest BCUT2D eigenvalue weighted by Gasteiger charge is 2.11. The summed E-state index contributed by atoms with van der Waals surface area (Å²) in [7, 11) is 0. The third-order valence-electron chi connectivity index (χ3n) is 3.56. The molecule has 0 aliphatic heterocycles. The molecule has 0 bridgehead atoms. The Bertz CT molecular complexity index is 1030. The molecule has 29 heavy (non-hydrogen) atoms. The molecular formula is C18H14ClF2N5O2S. The summed E-state index contributed by atoms with van der Waals surface area (Å²) in [4.78, 5) is 27.9. The lowest BCUT2D eigenvalue weighted by Crippen LogP contribution is -2.33. The first-order valence-electron chi connectivity index (χ1n) is 8.23. The largest absolute Gasteiger partial charge is 0.346 e. The number of aromatic amines is 1. The van der Waals surface area contributed by atoms with E-state index in [2.05, 4.69) is 25.8 Å². The van der Waals surface area contributed by atoms with Gasteiger partial charge in [-0.3, -0.25) is 14.7 Å². The van der Waals surface area contributed by atoms with Crippen LogP contribution in [-0.4, -0.2) is 39.3 Å². The number of H-pyrrole nitrogens is 1. The van der Waals surface area contributed by atoms with Crippen molar-refractivity contribution in [2.24, 2.45) is 0 Å². The van der Waals surface area contributed by atoms with E-state index in [1.807, 2.05) is 0 Å². The molecule has 0 atom stereocenters. The molecule has 2 aromatic carbocycles.